The Morgan fingerprint density at radius 1 is 1.10 bits per heavy atom. The summed E-state index contributed by atoms with van der Waals surface area (Å²) in [7, 11) is 0. The number of Topliss-reactive ketones (excluding diaryl/α,β-unsaturated/α-hetero) is 1. The molecule has 0 saturated carbocycles. The molecule has 0 amide bonds. The Kier molecular flexibility index (Phi) is 3.29. The number of ketones is 1. The van der Waals surface area contributed by atoms with Crippen LogP contribution in [-0.4, -0.2) is 10.4 Å². The van der Waals surface area contributed by atoms with Crippen molar-refractivity contribution in [2.45, 2.75) is 13.5 Å². The second-order valence-corrected chi connectivity index (χ2v) is 5.01. The Bertz CT molecular complexity index is 836. The highest BCUT2D eigenvalue weighted by Crippen LogP contribution is 2.20. The van der Waals surface area contributed by atoms with Crippen LogP contribution in [0.4, 0.5) is 8.78 Å². The standard InChI is InChI=1S/C17H13F2NO/c1-11(21)12-3-5-17-13(8-12)6-7-20(17)10-14-2-4-15(18)9-16(14)19/h2-9H,10H2,1H3. The number of benzene rings is 2. The molecule has 2 aromatic carbocycles. The summed E-state index contributed by atoms with van der Waals surface area (Å²) in [6.45, 7) is 1.83. The maximum absolute atomic E-state index is 13.7. The smallest absolute Gasteiger partial charge is 0.159 e. The highest BCUT2D eigenvalue weighted by Gasteiger charge is 2.08. The van der Waals surface area contributed by atoms with E-state index in [0.29, 0.717) is 17.7 Å². The third-order valence-electron chi connectivity index (χ3n) is 3.53. The summed E-state index contributed by atoms with van der Waals surface area (Å²) in [5.74, 6) is -1.13. The van der Waals surface area contributed by atoms with E-state index in [1.54, 1.807) is 6.07 Å². The van der Waals surface area contributed by atoms with E-state index < -0.39 is 11.6 Å². The van der Waals surface area contributed by atoms with E-state index in [2.05, 4.69) is 0 Å². The number of hydrogen-bond donors (Lipinski definition) is 0. The lowest BCUT2D eigenvalue weighted by molar-refractivity contribution is 0.101. The maximum Gasteiger partial charge on any atom is 0.159 e. The molecule has 0 atom stereocenters. The first kappa shape index (κ1) is 13.5. The van der Waals surface area contributed by atoms with E-state index in [9.17, 15) is 13.6 Å². The van der Waals surface area contributed by atoms with Crippen molar-refractivity contribution in [3.05, 3.63) is 71.4 Å². The Morgan fingerprint density at radius 3 is 2.62 bits per heavy atom. The Labute approximate surface area is 120 Å². The lowest BCUT2D eigenvalue weighted by atomic mass is 10.1. The van der Waals surface area contributed by atoms with Crippen molar-refractivity contribution < 1.29 is 13.6 Å². The SMILES string of the molecule is CC(=O)c1ccc2c(ccn2Cc2ccc(F)cc2F)c1. The van der Waals surface area contributed by atoms with Crippen LogP contribution >= 0.6 is 0 Å². The lowest BCUT2D eigenvalue weighted by Crippen LogP contribution is -2.01. The predicted molar refractivity (Wildman–Crippen MR) is 77.4 cm³/mol. The first-order valence-corrected chi connectivity index (χ1v) is 6.58. The van der Waals surface area contributed by atoms with Crippen LogP contribution in [0.25, 0.3) is 10.9 Å². The van der Waals surface area contributed by atoms with Crippen molar-refractivity contribution in [1.82, 2.24) is 4.57 Å². The molecule has 2 nitrogen and oxygen atoms in total. The number of fused-ring (bicyclic) bond motifs is 1. The molecule has 0 aliphatic rings. The molecule has 0 N–H and O–H groups in total. The topological polar surface area (TPSA) is 22.0 Å². The number of nitrogens with zero attached hydrogens (tertiary/aromatic N) is 1. The van der Waals surface area contributed by atoms with Gasteiger partial charge in [-0.1, -0.05) is 6.07 Å². The summed E-state index contributed by atoms with van der Waals surface area (Å²) in [6, 6.07) is 10.9. The average Bonchev–Trinajstić information content (AvgIpc) is 2.84. The van der Waals surface area contributed by atoms with Crippen LogP contribution < -0.4 is 0 Å². The van der Waals surface area contributed by atoms with Crippen molar-refractivity contribution >= 4 is 16.7 Å². The van der Waals surface area contributed by atoms with E-state index >= 15 is 0 Å². The first-order chi connectivity index (χ1) is 10.0. The minimum Gasteiger partial charge on any atom is -0.343 e. The van der Waals surface area contributed by atoms with Crippen molar-refractivity contribution in [1.29, 1.82) is 0 Å². The Morgan fingerprint density at radius 2 is 1.90 bits per heavy atom. The van der Waals surface area contributed by atoms with Crippen molar-refractivity contribution in [3.63, 3.8) is 0 Å². The minimum atomic E-state index is -0.584. The molecule has 0 spiro atoms. The van der Waals surface area contributed by atoms with Gasteiger partial charge in [0.05, 0.1) is 6.54 Å². The summed E-state index contributed by atoms with van der Waals surface area (Å²) < 4.78 is 28.5. The number of aromatic nitrogens is 1. The van der Waals surface area contributed by atoms with E-state index in [4.69, 9.17) is 0 Å². The third-order valence-corrected chi connectivity index (χ3v) is 3.53. The van der Waals surface area contributed by atoms with Crippen LogP contribution in [0.5, 0.6) is 0 Å². The molecule has 4 heteroatoms. The third kappa shape index (κ3) is 2.57. The van der Waals surface area contributed by atoms with Gasteiger partial charge in [-0.3, -0.25) is 4.79 Å². The van der Waals surface area contributed by atoms with Crippen LogP contribution in [0.2, 0.25) is 0 Å². The molecular weight excluding hydrogens is 272 g/mol. The zero-order chi connectivity index (χ0) is 15.0. The lowest BCUT2D eigenvalue weighted by Gasteiger charge is -2.07. The molecule has 106 valence electrons. The molecule has 3 rings (SSSR count). The van der Waals surface area contributed by atoms with Gasteiger partial charge in [-0.05, 0) is 37.3 Å². The van der Waals surface area contributed by atoms with Gasteiger partial charge in [-0.15, -0.1) is 0 Å². The van der Waals surface area contributed by atoms with Crippen LogP contribution in [0.3, 0.4) is 0 Å². The van der Waals surface area contributed by atoms with Crippen LogP contribution in [0, 0.1) is 11.6 Å². The van der Waals surface area contributed by atoms with Crippen molar-refractivity contribution in [3.8, 4) is 0 Å². The Hall–Kier alpha value is -2.49. The van der Waals surface area contributed by atoms with Gasteiger partial charge in [-0.25, -0.2) is 8.78 Å². The quantitative estimate of drug-likeness (QED) is 0.662. The van der Waals surface area contributed by atoms with Crippen LogP contribution in [-0.2, 0) is 6.54 Å². The van der Waals surface area contributed by atoms with E-state index in [-0.39, 0.29) is 5.78 Å². The first-order valence-electron chi connectivity index (χ1n) is 6.58. The van der Waals surface area contributed by atoms with Gasteiger partial charge < -0.3 is 4.57 Å². The van der Waals surface area contributed by atoms with Gasteiger partial charge in [-0.2, -0.15) is 0 Å². The molecule has 1 aromatic heterocycles. The van der Waals surface area contributed by atoms with Crippen LogP contribution in [0.15, 0.2) is 48.7 Å². The van der Waals surface area contributed by atoms with Gasteiger partial charge in [0.15, 0.2) is 5.78 Å². The summed E-state index contributed by atoms with van der Waals surface area (Å²) in [6.07, 6.45) is 1.83. The number of halogens is 2. The van der Waals surface area contributed by atoms with Gasteiger partial charge in [0.1, 0.15) is 11.6 Å². The van der Waals surface area contributed by atoms with E-state index in [1.165, 1.54) is 19.1 Å². The highest BCUT2D eigenvalue weighted by molar-refractivity contribution is 5.98. The summed E-state index contributed by atoms with van der Waals surface area (Å²) in [5, 5.41) is 0.921. The molecule has 3 aromatic rings. The zero-order valence-electron chi connectivity index (χ0n) is 11.4. The van der Waals surface area contributed by atoms with E-state index in [0.717, 1.165) is 17.0 Å². The molecule has 0 aliphatic carbocycles. The molecular formula is C17H13F2NO. The van der Waals surface area contributed by atoms with Crippen molar-refractivity contribution in [2.75, 3.05) is 0 Å². The predicted octanol–water partition coefficient (Wildman–Crippen LogP) is 4.17. The number of carbonyl (C=O) groups is 1. The summed E-state index contributed by atoms with van der Waals surface area (Å²) >= 11 is 0. The molecule has 21 heavy (non-hydrogen) atoms. The number of hydrogen-bond acceptors (Lipinski definition) is 1. The molecule has 0 aliphatic heterocycles. The minimum absolute atomic E-state index is 0.00855. The molecule has 0 bridgehead atoms. The van der Waals surface area contributed by atoms with Gasteiger partial charge in [0, 0.05) is 34.3 Å². The number of rotatable bonds is 3. The largest absolute Gasteiger partial charge is 0.343 e. The van der Waals surface area contributed by atoms with E-state index in [1.807, 2.05) is 29.0 Å². The second-order valence-electron chi connectivity index (χ2n) is 5.01. The van der Waals surface area contributed by atoms with Crippen molar-refractivity contribution in [2.24, 2.45) is 0 Å². The normalized spacial score (nSPS) is 11.0. The molecule has 1 heterocycles. The highest BCUT2D eigenvalue weighted by atomic mass is 19.1. The van der Waals surface area contributed by atoms with Gasteiger partial charge >= 0.3 is 0 Å². The van der Waals surface area contributed by atoms with Gasteiger partial charge in [0.25, 0.3) is 0 Å². The fourth-order valence-corrected chi connectivity index (χ4v) is 2.39. The Balaban J connectivity index is 1.99. The summed E-state index contributed by atoms with van der Waals surface area (Å²) in [4.78, 5) is 11.4. The molecule has 0 fully saturated rings. The fourth-order valence-electron chi connectivity index (χ4n) is 2.39. The molecule has 0 saturated heterocycles. The fraction of sp³-hybridized carbons (Fsp3) is 0.118. The second kappa shape index (κ2) is 5.13. The molecule has 0 unspecified atom stereocenters. The summed E-state index contributed by atoms with van der Waals surface area (Å²) in [5.41, 5.74) is 1.97. The number of carbonyl (C=O) groups excluding carboxylic acids is 1. The monoisotopic (exact) mass is 285 g/mol. The maximum atomic E-state index is 13.7. The average molecular weight is 285 g/mol. The molecule has 0 radical (unpaired) electrons. The van der Waals surface area contributed by atoms with Crippen LogP contribution in [0.1, 0.15) is 22.8 Å². The zero-order valence-corrected chi connectivity index (χ0v) is 11.4. The van der Waals surface area contributed by atoms with Gasteiger partial charge in [0.2, 0.25) is 0 Å².